The van der Waals surface area contributed by atoms with Crippen molar-refractivity contribution >= 4 is 38.3 Å². The molecule has 1 aliphatic heterocycles. The number of esters is 1. The van der Waals surface area contributed by atoms with Crippen molar-refractivity contribution in [1.29, 1.82) is 0 Å². The topological polar surface area (TPSA) is 80.8 Å². The lowest BCUT2D eigenvalue weighted by atomic mass is 9.89. The number of sulfonamides is 1. The molecule has 0 aromatic heterocycles. The van der Waals surface area contributed by atoms with Crippen molar-refractivity contribution in [2.45, 2.75) is 43.9 Å². The van der Waals surface area contributed by atoms with Crippen LogP contribution in [0.15, 0.2) is 71.3 Å². The van der Waals surface area contributed by atoms with Crippen molar-refractivity contribution in [3.05, 3.63) is 83.3 Å². The number of halogens is 1. The van der Waals surface area contributed by atoms with Crippen molar-refractivity contribution in [1.82, 2.24) is 4.31 Å². The van der Waals surface area contributed by atoms with Crippen molar-refractivity contribution in [3.8, 4) is 0 Å². The van der Waals surface area contributed by atoms with E-state index in [9.17, 15) is 22.4 Å². The normalized spacial score (nSPS) is 17.7. The van der Waals surface area contributed by atoms with Crippen LogP contribution in [0.5, 0.6) is 0 Å². The molecule has 8 heteroatoms. The second-order valence-electron chi connectivity index (χ2n) is 9.14. The number of allylic oxidation sites excluding steroid dienone is 1. The predicted octanol–water partition coefficient (Wildman–Crippen LogP) is 5.68. The van der Waals surface area contributed by atoms with E-state index in [0.29, 0.717) is 12.8 Å². The summed E-state index contributed by atoms with van der Waals surface area (Å²) >= 11 is 0. The molecular formula is C28H26FNO5S. The van der Waals surface area contributed by atoms with E-state index < -0.39 is 27.6 Å². The minimum Gasteiger partial charge on any atom is -0.423 e. The van der Waals surface area contributed by atoms with Gasteiger partial charge in [0.25, 0.3) is 10.0 Å². The van der Waals surface area contributed by atoms with Gasteiger partial charge in [0.15, 0.2) is 5.76 Å². The molecular weight excluding hydrogens is 481 g/mol. The SMILES string of the molecule is CCN1C(C(=O)c2ccc3ccccc3c2)=C(OC(=O)C2CCCCC2)c2cc(F)ccc2S1(=O)=O. The molecule has 6 nitrogen and oxygen atoms in total. The molecule has 0 amide bonds. The predicted molar refractivity (Wildman–Crippen MR) is 134 cm³/mol. The summed E-state index contributed by atoms with van der Waals surface area (Å²) in [6.45, 7) is 1.53. The monoisotopic (exact) mass is 507 g/mol. The maximum Gasteiger partial charge on any atom is 0.314 e. The number of benzene rings is 3. The van der Waals surface area contributed by atoms with E-state index in [2.05, 4.69) is 0 Å². The minimum absolute atomic E-state index is 0.0711. The van der Waals surface area contributed by atoms with Crippen molar-refractivity contribution < 1.29 is 27.1 Å². The fraction of sp³-hybridized carbons (Fsp3) is 0.286. The number of rotatable bonds is 5. The van der Waals surface area contributed by atoms with Crippen LogP contribution in [0.3, 0.4) is 0 Å². The largest absolute Gasteiger partial charge is 0.423 e. The van der Waals surface area contributed by atoms with Crippen LogP contribution in [0.25, 0.3) is 16.5 Å². The van der Waals surface area contributed by atoms with E-state index in [1.807, 2.05) is 24.3 Å². The second kappa shape index (κ2) is 9.50. The molecule has 0 saturated heterocycles. The second-order valence-corrected chi connectivity index (χ2v) is 11.0. The van der Waals surface area contributed by atoms with Crippen molar-refractivity contribution in [2.75, 3.05) is 6.54 Å². The van der Waals surface area contributed by atoms with Gasteiger partial charge in [-0.25, -0.2) is 12.8 Å². The van der Waals surface area contributed by atoms with Crippen molar-refractivity contribution in [2.24, 2.45) is 5.92 Å². The smallest absolute Gasteiger partial charge is 0.314 e. The van der Waals surface area contributed by atoms with Crippen LogP contribution in [0, 0.1) is 11.7 Å². The first-order valence-electron chi connectivity index (χ1n) is 12.1. The molecule has 36 heavy (non-hydrogen) atoms. The van der Waals surface area contributed by atoms with Crippen LogP contribution in [-0.2, 0) is 19.6 Å². The minimum atomic E-state index is -4.19. The number of likely N-dealkylation sites (N-methyl/N-ethyl adjacent to an activating group) is 1. The zero-order valence-electron chi connectivity index (χ0n) is 19.9. The average molecular weight is 508 g/mol. The Morgan fingerprint density at radius 3 is 2.42 bits per heavy atom. The Kier molecular flexibility index (Phi) is 6.38. The first-order chi connectivity index (χ1) is 17.3. The molecule has 1 saturated carbocycles. The summed E-state index contributed by atoms with van der Waals surface area (Å²) in [5.74, 6) is -2.41. The van der Waals surface area contributed by atoms with E-state index in [4.69, 9.17) is 4.74 Å². The third-order valence-electron chi connectivity index (χ3n) is 6.87. The molecule has 0 radical (unpaired) electrons. The highest BCUT2D eigenvalue weighted by atomic mass is 32.2. The number of hydrogen-bond donors (Lipinski definition) is 0. The molecule has 0 atom stereocenters. The number of hydrogen-bond acceptors (Lipinski definition) is 5. The summed E-state index contributed by atoms with van der Waals surface area (Å²) in [4.78, 5) is 26.9. The van der Waals surface area contributed by atoms with Gasteiger partial charge >= 0.3 is 5.97 Å². The van der Waals surface area contributed by atoms with E-state index in [1.165, 1.54) is 0 Å². The molecule has 1 fully saturated rings. The summed E-state index contributed by atoms with van der Waals surface area (Å²) < 4.78 is 48.2. The lowest BCUT2D eigenvalue weighted by Crippen LogP contribution is -2.39. The van der Waals surface area contributed by atoms with Gasteiger partial charge in [0.2, 0.25) is 5.78 Å². The number of ketones is 1. The maximum absolute atomic E-state index is 14.4. The molecule has 1 heterocycles. The van der Waals surface area contributed by atoms with Gasteiger partial charge in [-0.1, -0.05) is 55.7 Å². The van der Waals surface area contributed by atoms with E-state index in [0.717, 1.165) is 52.5 Å². The molecule has 186 valence electrons. The summed E-state index contributed by atoms with van der Waals surface area (Å²) in [7, 11) is -4.19. The first kappa shape index (κ1) is 24.2. The summed E-state index contributed by atoms with van der Waals surface area (Å²) in [6, 6.07) is 15.7. The molecule has 0 unspecified atom stereocenters. The third-order valence-corrected chi connectivity index (χ3v) is 8.81. The summed E-state index contributed by atoms with van der Waals surface area (Å²) in [6.07, 6.45) is 4.14. The number of carbonyl (C=O) groups excluding carboxylic acids is 2. The highest BCUT2D eigenvalue weighted by Gasteiger charge is 2.42. The van der Waals surface area contributed by atoms with E-state index in [-0.39, 0.29) is 39.9 Å². The van der Waals surface area contributed by atoms with Crippen LogP contribution in [0.2, 0.25) is 0 Å². The number of nitrogens with zero attached hydrogens (tertiary/aromatic N) is 1. The zero-order valence-corrected chi connectivity index (χ0v) is 20.7. The van der Waals surface area contributed by atoms with Crippen molar-refractivity contribution in [3.63, 3.8) is 0 Å². The zero-order chi connectivity index (χ0) is 25.4. The van der Waals surface area contributed by atoms with Crippen LogP contribution in [-0.4, -0.2) is 31.0 Å². The Morgan fingerprint density at radius 1 is 0.972 bits per heavy atom. The van der Waals surface area contributed by atoms with Crippen LogP contribution >= 0.6 is 0 Å². The van der Waals surface area contributed by atoms with Crippen LogP contribution in [0.4, 0.5) is 4.39 Å². The lowest BCUT2D eigenvalue weighted by Gasteiger charge is -2.32. The Morgan fingerprint density at radius 2 is 1.69 bits per heavy atom. The molecule has 3 aromatic carbocycles. The molecule has 5 rings (SSSR count). The average Bonchev–Trinajstić information content (AvgIpc) is 2.89. The van der Waals surface area contributed by atoms with Gasteiger partial charge in [-0.3, -0.25) is 13.9 Å². The standard InChI is InChI=1S/C28H26FNO5S/c1-2-30-25(26(31)21-13-12-18-8-6-7-11-20(18)16-21)27(35-28(32)19-9-4-3-5-10-19)23-17-22(29)14-15-24(23)36(30,33)34/h6-8,11-17,19H,2-5,9-10H2,1H3. The first-order valence-corrected chi connectivity index (χ1v) is 13.6. The molecule has 0 N–H and O–H groups in total. The van der Waals surface area contributed by atoms with Gasteiger partial charge in [-0.05, 0) is 54.8 Å². The van der Waals surface area contributed by atoms with E-state index >= 15 is 0 Å². The number of ether oxygens (including phenoxy) is 1. The number of Topliss-reactive ketones (excluding diaryl/α,β-unsaturated/α-hetero) is 1. The van der Waals surface area contributed by atoms with Gasteiger partial charge in [0.05, 0.1) is 10.8 Å². The van der Waals surface area contributed by atoms with Gasteiger partial charge in [-0.15, -0.1) is 0 Å². The summed E-state index contributed by atoms with van der Waals surface area (Å²) in [5.41, 5.74) is -0.161. The molecule has 0 bridgehead atoms. The van der Waals surface area contributed by atoms with Gasteiger partial charge < -0.3 is 4.74 Å². The third kappa shape index (κ3) is 4.19. The molecule has 2 aliphatic rings. The highest BCUT2D eigenvalue weighted by Crippen LogP contribution is 2.40. The van der Waals surface area contributed by atoms with Crippen LogP contribution < -0.4 is 0 Å². The molecule has 0 spiro atoms. The Bertz CT molecular complexity index is 1510. The van der Waals surface area contributed by atoms with Crippen LogP contribution in [0.1, 0.15) is 54.9 Å². The number of fused-ring (bicyclic) bond motifs is 2. The Hall–Kier alpha value is -3.52. The van der Waals surface area contributed by atoms with Gasteiger partial charge in [0, 0.05) is 17.7 Å². The Labute approximate surface area is 209 Å². The Balaban J connectivity index is 1.71. The lowest BCUT2D eigenvalue weighted by molar-refractivity contribution is -0.142. The fourth-order valence-corrected chi connectivity index (χ4v) is 6.67. The van der Waals surface area contributed by atoms with Gasteiger partial charge in [0.1, 0.15) is 11.5 Å². The number of carbonyl (C=O) groups is 2. The van der Waals surface area contributed by atoms with E-state index in [1.54, 1.807) is 25.1 Å². The van der Waals surface area contributed by atoms with Gasteiger partial charge in [-0.2, -0.15) is 0 Å². The summed E-state index contributed by atoms with van der Waals surface area (Å²) in [5, 5.41) is 1.72. The highest BCUT2D eigenvalue weighted by molar-refractivity contribution is 7.89. The quantitative estimate of drug-likeness (QED) is 0.328. The molecule has 3 aromatic rings. The fourth-order valence-electron chi connectivity index (χ4n) is 5.02. The maximum atomic E-state index is 14.4. The molecule has 1 aliphatic carbocycles.